The molecule has 0 fully saturated rings. The molecular formula is C30H54B2N4Ti-. The van der Waals surface area contributed by atoms with E-state index in [1.165, 1.54) is 33.6 Å². The van der Waals surface area contributed by atoms with Gasteiger partial charge in [-0.2, -0.15) is 0 Å². The van der Waals surface area contributed by atoms with E-state index < -0.39 is 22.2 Å². The van der Waals surface area contributed by atoms with Crippen LogP contribution in [0.5, 0.6) is 0 Å². The summed E-state index contributed by atoms with van der Waals surface area (Å²) in [6, 6.07) is 13.7. The van der Waals surface area contributed by atoms with Gasteiger partial charge in [0.2, 0.25) is 0 Å². The SMILES string of the molecule is CC(C)c1cccc(C(C)C)c1NB(N(C)C)[B-](Nc1c(C(C)C)cccc1C(C)C)(N(C)C)[Ti]([CH3])[CH3]. The maximum absolute atomic E-state index is 4.35. The Morgan fingerprint density at radius 3 is 1.27 bits per heavy atom. The fraction of sp³-hybridized carbons (Fsp3) is 0.600. The first-order valence-electron chi connectivity index (χ1n) is 14.3. The Hall–Kier alpha value is -1.20. The van der Waals surface area contributed by atoms with Crippen molar-refractivity contribution in [3.63, 3.8) is 0 Å². The van der Waals surface area contributed by atoms with E-state index in [-0.39, 0.29) is 6.87 Å². The van der Waals surface area contributed by atoms with Crippen LogP contribution in [0.1, 0.15) is 101 Å². The van der Waals surface area contributed by atoms with Crippen LogP contribution in [0.15, 0.2) is 36.4 Å². The van der Waals surface area contributed by atoms with E-state index in [1.807, 2.05) is 0 Å². The second-order valence-corrected chi connectivity index (χ2v) is 17.6. The van der Waals surface area contributed by atoms with Crippen LogP contribution >= 0.6 is 0 Å². The normalized spacial score (nSPS) is 13.7. The Balaban J connectivity index is 2.84. The Bertz CT molecular complexity index is 958. The van der Waals surface area contributed by atoms with Crippen molar-refractivity contribution in [3.8, 4) is 0 Å². The van der Waals surface area contributed by atoms with Crippen LogP contribution in [0, 0.1) is 0 Å². The summed E-state index contributed by atoms with van der Waals surface area (Å²) < 4.78 is -1.15. The van der Waals surface area contributed by atoms with Gasteiger partial charge in [0.05, 0.1) is 0 Å². The monoisotopic (exact) mass is 540 g/mol. The molecule has 0 saturated carbocycles. The number of hydrogen-bond donors (Lipinski definition) is 2. The van der Waals surface area contributed by atoms with Gasteiger partial charge in [-0.1, -0.05) is 0 Å². The minimum atomic E-state index is -1.65. The molecule has 0 aliphatic carbocycles. The third-order valence-electron chi connectivity index (χ3n) is 8.11. The molecule has 0 aliphatic rings. The van der Waals surface area contributed by atoms with Crippen LogP contribution in [0.2, 0.25) is 10.5 Å². The van der Waals surface area contributed by atoms with Gasteiger partial charge in [0.15, 0.2) is 0 Å². The summed E-state index contributed by atoms with van der Waals surface area (Å²) >= 11 is -1.65. The first-order chi connectivity index (χ1) is 17.2. The topological polar surface area (TPSA) is 30.5 Å². The van der Waals surface area contributed by atoms with Crippen LogP contribution in [0.3, 0.4) is 0 Å². The predicted octanol–water partition coefficient (Wildman–Crippen LogP) is 8.05. The average Bonchev–Trinajstić information content (AvgIpc) is 2.79. The van der Waals surface area contributed by atoms with Crippen LogP contribution < -0.4 is 10.5 Å². The molecule has 1 atom stereocenters. The van der Waals surface area contributed by atoms with E-state index in [1.54, 1.807) is 0 Å². The minimum absolute atomic E-state index is 0.137. The van der Waals surface area contributed by atoms with Crippen LogP contribution in [-0.4, -0.2) is 49.2 Å². The number of nitrogens with zero attached hydrogens (tertiary/aromatic N) is 2. The van der Waals surface area contributed by atoms with Crippen molar-refractivity contribution in [1.82, 2.24) is 9.62 Å². The number of benzene rings is 2. The van der Waals surface area contributed by atoms with Crippen molar-refractivity contribution in [2.75, 3.05) is 38.6 Å². The van der Waals surface area contributed by atoms with Gasteiger partial charge in [-0.15, -0.1) is 0 Å². The number of anilines is 2. The van der Waals surface area contributed by atoms with Gasteiger partial charge >= 0.3 is 237 Å². The standard InChI is InChI=1S/C28H48B2N4.2CH3.Ti/c1-19(2)23-15-13-16-24(20(3)4)27(23)31-29(33(9)10)30(34(11)12)32-28-25(21(5)6)17-14-18-26(28)22(7)8;;;/h13-22,31-32H,1-12H3;2*1H3;/q;;;-1. The summed E-state index contributed by atoms with van der Waals surface area (Å²) in [5, 5.41) is 13.6. The summed E-state index contributed by atoms with van der Waals surface area (Å²) in [7, 11) is 9.06. The van der Waals surface area contributed by atoms with E-state index in [2.05, 4.69) is 151 Å². The molecule has 7 heteroatoms. The third-order valence-corrected chi connectivity index (χ3v) is 12.4. The summed E-state index contributed by atoms with van der Waals surface area (Å²) in [6.45, 7) is 18.7. The van der Waals surface area contributed by atoms with Crippen molar-refractivity contribution >= 4 is 22.7 Å². The zero-order valence-corrected chi connectivity index (χ0v) is 27.9. The second-order valence-electron chi connectivity index (χ2n) is 12.9. The second kappa shape index (κ2) is 13.2. The molecule has 0 saturated heterocycles. The number of para-hydroxylation sites is 2. The molecule has 0 heterocycles. The van der Waals surface area contributed by atoms with Gasteiger partial charge in [-0.25, -0.2) is 0 Å². The molecule has 1 unspecified atom stereocenters. The predicted molar refractivity (Wildman–Crippen MR) is 167 cm³/mol. The summed E-state index contributed by atoms with van der Waals surface area (Å²) in [4.78, 5) is 4.95. The van der Waals surface area contributed by atoms with Crippen molar-refractivity contribution in [1.29, 1.82) is 0 Å². The molecule has 0 amide bonds. The Labute approximate surface area is 236 Å². The third kappa shape index (κ3) is 6.88. The summed E-state index contributed by atoms with van der Waals surface area (Å²) in [5.41, 5.74) is 8.32. The van der Waals surface area contributed by atoms with Gasteiger partial charge < -0.3 is 0 Å². The Morgan fingerprint density at radius 1 is 0.649 bits per heavy atom. The fourth-order valence-electron chi connectivity index (χ4n) is 5.95. The molecular weight excluding hydrogens is 486 g/mol. The zero-order valence-electron chi connectivity index (χ0n) is 26.3. The number of hydrogen-bond acceptors (Lipinski definition) is 4. The number of nitrogens with one attached hydrogen (secondary N) is 2. The van der Waals surface area contributed by atoms with Gasteiger partial charge in [0.25, 0.3) is 0 Å². The molecule has 2 N–H and O–H groups in total. The van der Waals surface area contributed by atoms with E-state index >= 15 is 0 Å². The molecule has 4 nitrogen and oxygen atoms in total. The van der Waals surface area contributed by atoms with E-state index in [0.717, 1.165) is 0 Å². The van der Waals surface area contributed by atoms with Gasteiger partial charge in [-0.05, 0) is 0 Å². The molecule has 0 spiro atoms. The molecule has 2 aromatic carbocycles. The van der Waals surface area contributed by atoms with Gasteiger partial charge in [0.1, 0.15) is 0 Å². The van der Waals surface area contributed by atoms with Gasteiger partial charge in [-0.3, -0.25) is 0 Å². The zero-order chi connectivity index (χ0) is 28.2. The van der Waals surface area contributed by atoms with Crippen molar-refractivity contribution in [2.45, 2.75) is 89.5 Å². The van der Waals surface area contributed by atoms with Crippen molar-refractivity contribution < 1.29 is 17.7 Å². The van der Waals surface area contributed by atoms with E-state index in [0.29, 0.717) is 23.7 Å². The van der Waals surface area contributed by atoms with Crippen LogP contribution in [0.4, 0.5) is 11.4 Å². The quantitative estimate of drug-likeness (QED) is 0.267. The van der Waals surface area contributed by atoms with Crippen molar-refractivity contribution in [3.05, 3.63) is 58.7 Å². The van der Waals surface area contributed by atoms with Gasteiger partial charge in [0, 0.05) is 0 Å². The first kappa shape index (κ1) is 32.0. The van der Waals surface area contributed by atoms with E-state index in [4.69, 9.17) is 0 Å². The molecule has 37 heavy (non-hydrogen) atoms. The molecule has 0 aromatic heterocycles. The molecule has 0 bridgehead atoms. The average molecular weight is 540 g/mol. The molecule has 0 aliphatic heterocycles. The Kier molecular flexibility index (Phi) is 11.5. The molecule has 2 aromatic rings. The first-order valence-corrected chi connectivity index (χ1v) is 18.3. The fourth-order valence-corrected chi connectivity index (χ4v) is 9.82. The molecule has 0 radical (unpaired) electrons. The number of rotatable bonds is 12. The van der Waals surface area contributed by atoms with Crippen LogP contribution in [0.25, 0.3) is 0 Å². The Morgan fingerprint density at radius 2 is 1.00 bits per heavy atom. The summed E-state index contributed by atoms with van der Waals surface area (Å²) in [5.74, 6) is 1.81. The summed E-state index contributed by atoms with van der Waals surface area (Å²) in [6.07, 6.45) is 0. The molecule has 2 rings (SSSR count). The molecule has 205 valence electrons. The van der Waals surface area contributed by atoms with Crippen LogP contribution in [-0.2, 0) is 17.7 Å². The van der Waals surface area contributed by atoms with E-state index in [9.17, 15) is 0 Å². The van der Waals surface area contributed by atoms with Crippen molar-refractivity contribution in [2.24, 2.45) is 0 Å². The maximum atomic E-state index is 4.35.